The Kier molecular flexibility index (Phi) is 8.79. The second-order valence-electron chi connectivity index (χ2n) is 9.24. The van der Waals surface area contributed by atoms with E-state index < -0.39 is 17.8 Å². The summed E-state index contributed by atoms with van der Waals surface area (Å²) in [7, 11) is 1.58. The van der Waals surface area contributed by atoms with Crippen LogP contribution < -0.4 is 15.4 Å². The first-order chi connectivity index (χ1) is 20.3. The molecule has 5 rings (SSSR count). The lowest BCUT2D eigenvalue weighted by Crippen LogP contribution is -2.31. The van der Waals surface area contributed by atoms with E-state index in [4.69, 9.17) is 26.2 Å². The first-order valence-corrected chi connectivity index (χ1v) is 14.4. The summed E-state index contributed by atoms with van der Waals surface area (Å²) in [4.78, 5) is 30.4. The van der Waals surface area contributed by atoms with Crippen molar-refractivity contribution in [2.75, 3.05) is 24.4 Å². The normalized spacial score (nSPS) is 14.2. The van der Waals surface area contributed by atoms with E-state index in [0.717, 1.165) is 5.56 Å². The zero-order valence-electron chi connectivity index (χ0n) is 23.0. The number of allylic oxidation sites excluding steroid dienone is 1. The second-order valence-corrected chi connectivity index (χ2v) is 10.6. The van der Waals surface area contributed by atoms with Crippen LogP contribution >= 0.6 is 23.4 Å². The van der Waals surface area contributed by atoms with Crippen LogP contribution in [0.1, 0.15) is 41.4 Å². The molecule has 0 saturated carbocycles. The Morgan fingerprint density at radius 2 is 1.86 bits per heavy atom. The number of hydrogen-bond donors (Lipinski definition) is 2. The summed E-state index contributed by atoms with van der Waals surface area (Å²) in [6.45, 7) is 3.80. The van der Waals surface area contributed by atoms with Gasteiger partial charge in [0.1, 0.15) is 17.6 Å². The average molecular weight is 608 g/mol. The maximum absolute atomic E-state index is 14.4. The fourth-order valence-electron chi connectivity index (χ4n) is 4.49. The number of amides is 1. The third-order valence-electron chi connectivity index (χ3n) is 6.57. The number of aromatic nitrogens is 3. The number of nitrogens with zero attached hydrogens (tertiary/aromatic N) is 3. The molecule has 0 unspecified atom stereocenters. The first kappa shape index (κ1) is 29.2. The Bertz CT molecular complexity index is 1640. The molecule has 12 heteroatoms. The van der Waals surface area contributed by atoms with E-state index in [1.807, 2.05) is 24.3 Å². The largest absolute Gasteiger partial charge is 0.497 e. The topological polar surface area (TPSA) is 107 Å². The number of carbonyl (C=O) groups is 2. The second kappa shape index (κ2) is 12.7. The number of methoxy groups -OCH3 is 1. The molecule has 0 radical (unpaired) electrons. The Hall–Kier alpha value is -4.35. The van der Waals surface area contributed by atoms with Crippen molar-refractivity contribution in [2.24, 2.45) is 0 Å². The minimum atomic E-state index is -0.634. The number of carbonyl (C=O) groups excluding carboxylic acids is 2. The summed E-state index contributed by atoms with van der Waals surface area (Å²) in [6, 6.07) is 17.7. The zero-order valence-corrected chi connectivity index (χ0v) is 24.6. The molecule has 1 aromatic heterocycles. The van der Waals surface area contributed by atoms with Crippen molar-refractivity contribution in [3.05, 3.63) is 106 Å². The van der Waals surface area contributed by atoms with Crippen LogP contribution in [0.4, 0.5) is 16.0 Å². The predicted octanol–water partition coefficient (Wildman–Crippen LogP) is 6.48. The van der Waals surface area contributed by atoms with Gasteiger partial charge in [-0.15, -0.1) is 5.10 Å². The van der Waals surface area contributed by atoms with E-state index in [1.165, 1.54) is 17.8 Å². The number of esters is 1. The molecule has 1 atom stereocenters. The van der Waals surface area contributed by atoms with Gasteiger partial charge in [0.2, 0.25) is 11.1 Å². The molecule has 0 aliphatic carbocycles. The van der Waals surface area contributed by atoms with Crippen LogP contribution in [-0.2, 0) is 15.3 Å². The van der Waals surface area contributed by atoms with Gasteiger partial charge in [-0.1, -0.05) is 41.6 Å². The highest BCUT2D eigenvalue weighted by Crippen LogP contribution is 2.38. The summed E-state index contributed by atoms with van der Waals surface area (Å²) in [5.41, 5.74) is 3.03. The minimum Gasteiger partial charge on any atom is -0.497 e. The van der Waals surface area contributed by atoms with Gasteiger partial charge >= 0.3 is 5.97 Å². The molecule has 216 valence electrons. The Morgan fingerprint density at radius 1 is 1.12 bits per heavy atom. The lowest BCUT2D eigenvalue weighted by atomic mass is 9.95. The molecule has 1 amide bonds. The van der Waals surface area contributed by atoms with Gasteiger partial charge in [0.15, 0.2) is 0 Å². The standard InChI is InChI=1S/C30H27ClFN5O4S/c1-4-41-28(39)19-8-12-20(13-9-19)34-27(38)25-17(2)33-29-35-30(42-16-22-23(31)6-5-7-24(22)32)36-37(29)26(25)18-10-14-21(40-3)15-11-18/h5-15,26H,4,16H2,1-3H3,(H,34,38)(H,33,35,36)/t26-/m0/s1. The number of fused-ring (bicyclic) bond motifs is 1. The quantitative estimate of drug-likeness (QED) is 0.165. The maximum atomic E-state index is 14.4. The smallest absolute Gasteiger partial charge is 0.338 e. The molecule has 9 nitrogen and oxygen atoms in total. The summed E-state index contributed by atoms with van der Waals surface area (Å²) in [6.07, 6.45) is 0. The minimum absolute atomic E-state index is 0.226. The van der Waals surface area contributed by atoms with E-state index in [0.29, 0.717) is 50.0 Å². The fraction of sp³-hybridized carbons (Fsp3) is 0.200. The van der Waals surface area contributed by atoms with Crippen LogP contribution in [0.5, 0.6) is 5.75 Å². The molecule has 3 aromatic carbocycles. The molecule has 4 aromatic rings. The zero-order chi connectivity index (χ0) is 29.8. The van der Waals surface area contributed by atoms with Crippen LogP contribution in [0.3, 0.4) is 0 Å². The van der Waals surface area contributed by atoms with E-state index >= 15 is 0 Å². The monoisotopic (exact) mass is 607 g/mol. The van der Waals surface area contributed by atoms with E-state index in [-0.39, 0.29) is 18.3 Å². The van der Waals surface area contributed by atoms with Gasteiger partial charge in [0.05, 0.1) is 24.9 Å². The molecular weight excluding hydrogens is 581 g/mol. The Labute approximate surface area is 251 Å². The number of rotatable bonds is 9. The highest BCUT2D eigenvalue weighted by atomic mass is 35.5. The molecular formula is C30H27ClFN5O4S. The van der Waals surface area contributed by atoms with Crippen LogP contribution in [0.2, 0.25) is 5.02 Å². The SMILES string of the molecule is CCOC(=O)c1ccc(NC(=O)C2=C(C)Nc3nc(SCc4c(F)cccc4Cl)nn3[C@H]2c2ccc(OC)cc2)cc1. The third kappa shape index (κ3) is 6.12. The van der Waals surface area contributed by atoms with Crippen molar-refractivity contribution in [1.29, 1.82) is 0 Å². The summed E-state index contributed by atoms with van der Waals surface area (Å²) in [5, 5.41) is 11.5. The fourth-order valence-corrected chi connectivity index (χ4v) is 5.66. The third-order valence-corrected chi connectivity index (χ3v) is 7.79. The van der Waals surface area contributed by atoms with Crippen molar-refractivity contribution >= 4 is 46.9 Å². The first-order valence-electron chi connectivity index (χ1n) is 13.0. The summed E-state index contributed by atoms with van der Waals surface area (Å²) >= 11 is 7.44. The maximum Gasteiger partial charge on any atom is 0.338 e. The molecule has 42 heavy (non-hydrogen) atoms. The number of thioether (sulfide) groups is 1. The Balaban J connectivity index is 1.45. The molecule has 0 spiro atoms. The molecule has 0 saturated heterocycles. The highest BCUT2D eigenvalue weighted by molar-refractivity contribution is 7.98. The molecule has 0 fully saturated rings. The van der Waals surface area contributed by atoms with Gasteiger partial charge in [-0.25, -0.2) is 13.9 Å². The average Bonchev–Trinajstić information content (AvgIpc) is 3.39. The van der Waals surface area contributed by atoms with Crippen LogP contribution in [0, 0.1) is 5.82 Å². The summed E-state index contributed by atoms with van der Waals surface area (Å²) in [5.74, 6) is 0.125. The van der Waals surface area contributed by atoms with E-state index in [2.05, 4.69) is 15.6 Å². The molecule has 1 aliphatic rings. The van der Waals surface area contributed by atoms with Crippen molar-refractivity contribution in [3.63, 3.8) is 0 Å². The summed E-state index contributed by atoms with van der Waals surface area (Å²) < 4.78 is 26.3. The predicted molar refractivity (Wildman–Crippen MR) is 159 cm³/mol. The van der Waals surface area contributed by atoms with Crippen molar-refractivity contribution in [3.8, 4) is 5.75 Å². The Morgan fingerprint density at radius 3 is 2.52 bits per heavy atom. The highest BCUT2D eigenvalue weighted by Gasteiger charge is 2.34. The number of nitrogens with one attached hydrogen (secondary N) is 2. The molecule has 0 bridgehead atoms. The van der Waals surface area contributed by atoms with Crippen LogP contribution in [0.25, 0.3) is 0 Å². The van der Waals surface area contributed by atoms with Gasteiger partial charge in [-0.3, -0.25) is 4.79 Å². The van der Waals surface area contributed by atoms with Crippen molar-refractivity contribution < 1.29 is 23.5 Å². The van der Waals surface area contributed by atoms with E-state index in [1.54, 1.807) is 62.0 Å². The van der Waals surface area contributed by atoms with Gasteiger partial charge in [0.25, 0.3) is 5.91 Å². The number of anilines is 2. The number of halogens is 2. The van der Waals surface area contributed by atoms with Crippen LogP contribution in [-0.4, -0.2) is 40.4 Å². The van der Waals surface area contributed by atoms with E-state index in [9.17, 15) is 14.0 Å². The van der Waals surface area contributed by atoms with Crippen molar-refractivity contribution in [2.45, 2.75) is 30.8 Å². The van der Waals surface area contributed by atoms with Gasteiger partial charge in [-0.2, -0.15) is 4.98 Å². The van der Waals surface area contributed by atoms with Gasteiger partial charge in [0, 0.05) is 27.7 Å². The molecule has 2 N–H and O–H groups in total. The van der Waals surface area contributed by atoms with Crippen molar-refractivity contribution in [1.82, 2.24) is 14.8 Å². The van der Waals surface area contributed by atoms with Crippen LogP contribution in [0.15, 0.2) is 83.2 Å². The molecule has 1 aliphatic heterocycles. The molecule has 2 heterocycles. The number of ether oxygens (including phenoxy) is 2. The number of benzene rings is 3. The number of hydrogen-bond acceptors (Lipinski definition) is 8. The van der Waals surface area contributed by atoms with Gasteiger partial charge < -0.3 is 20.1 Å². The lowest BCUT2D eigenvalue weighted by Gasteiger charge is -2.28. The van der Waals surface area contributed by atoms with Gasteiger partial charge in [-0.05, 0) is 67.9 Å². The lowest BCUT2D eigenvalue weighted by molar-refractivity contribution is -0.113.